The fourth-order valence-corrected chi connectivity index (χ4v) is 3.89. The van der Waals surface area contributed by atoms with Gasteiger partial charge in [-0.3, -0.25) is 9.69 Å². The maximum absolute atomic E-state index is 11.9. The van der Waals surface area contributed by atoms with E-state index in [1.54, 1.807) is 33.3 Å². The smallest absolute Gasteiger partial charge is 0.289 e. The van der Waals surface area contributed by atoms with E-state index in [-0.39, 0.29) is 12.5 Å². The molecule has 2 heterocycles. The lowest BCUT2D eigenvalue weighted by atomic mass is 10.1. The van der Waals surface area contributed by atoms with Crippen molar-refractivity contribution in [3.8, 4) is 11.5 Å². The number of furan rings is 1. The van der Waals surface area contributed by atoms with Crippen molar-refractivity contribution in [1.82, 2.24) is 9.80 Å². The van der Waals surface area contributed by atoms with Crippen LogP contribution < -0.4 is 9.47 Å². The Kier molecular flexibility index (Phi) is 6.68. The summed E-state index contributed by atoms with van der Waals surface area (Å²) in [5, 5.41) is 0. The van der Waals surface area contributed by atoms with Crippen LogP contribution in [0.4, 0.5) is 0 Å². The summed E-state index contributed by atoms with van der Waals surface area (Å²) >= 11 is 2.00. The molecule has 0 bridgehead atoms. The highest BCUT2D eigenvalue weighted by molar-refractivity contribution is 7.99. The van der Waals surface area contributed by atoms with Gasteiger partial charge in [0, 0.05) is 50.8 Å². The maximum atomic E-state index is 11.9. The van der Waals surface area contributed by atoms with E-state index in [4.69, 9.17) is 13.9 Å². The van der Waals surface area contributed by atoms with E-state index < -0.39 is 0 Å². The second-order valence-corrected chi connectivity index (χ2v) is 7.84. The summed E-state index contributed by atoms with van der Waals surface area (Å²) in [5.41, 5.74) is 1.12. The lowest BCUT2D eigenvalue weighted by Crippen LogP contribution is -2.32. The third-order valence-electron chi connectivity index (χ3n) is 4.41. The zero-order valence-electron chi connectivity index (χ0n) is 16.1. The lowest BCUT2D eigenvalue weighted by Gasteiger charge is -2.26. The summed E-state index contributed by atoms with van der Waals surface area (Å²) in [4.78, 5) is 15.8. The molecule has 7 heteroatoms. The molecule has 0 unspecified atom stereocenters. The van der Waals surface area contributed by atoms with Crippen molar-refractivity contribution in [2.24, 2.45) is 0 Å². The third kappa shape index (κ3) is 5.20. The molecule has 27 heavy (non-hydrogen) atoms. The van der Waals surface area contributed by atoms with Crippen LogP contribution in [0.3, 0.4) is 0 Å². The lowest BCUT2D eigenvalue weighted by molar-refractivity contribution is 0.0792. The van der Waals surface area contributed by atoms with E-state index in [1.165, 1.54) is 16.4 Å². The van der Waals surface area contributed by atoms with Crippen LogP contribution in [0.2, 0.25) is 0 Å². The molecular formula is C20H26N2O4S. The van der Waals surface area contributed by atoms with E-state index >= 15 is 0 Å². The predicted molar refractivity (Wildman–Crippen MR) is 107 cm³/mol. The zero-order valence-corrected chi connectivity index (χ0v) is 16.9. The Morgan fingerprint density at radius 1 is 1.22 bits per heavy atom. The molecule has 1 aromatic heterocycles. The van der Waals surface area contributed by atoms with Crippen LogP contribution >= 0.6 is 11.8 Å². The molecule has 1 aliphatic rings. The molecule has 3 rings (SSSR count). The molecule has 2 aromatic rings. The van der Waals surface area contributed by atoms with E-state index in [0.29, 0.717) is 11.5 Å². The molecule has 1 amide bonds. The largest absolute Gasteiger partial charge is 0.496 e. The van der Waals surface area contributed by atoms with Gasteiger partial charge in [-0.2, -0.15) is 11.8 Å². The number of thioether (sulfide) groups is 1. The molecule has 0 radical (unpaired) electrons. The number of methoxy groups -OCH3 is 1. The molecule has 0 spiro atoms. The Balaban J connectivity index is 1.64. The minimum atomic E-state index is -0.160. The van der Waals surface area contributed by atoms with E-state index in [9.17, 15) is 4.79 Å². The highest BCUT2D eigenvalue weighted by Gasteiger charge is 2.15. The Morgan fingerprint density at radius 2 is 2.00 bits per heavy atom. The number of hydrogen-bond donors (Lipinski definition) is 0. The highest BCUT2D eigenvalue weighted by Crippen LogP contribution is 2.27. The zero-order chi connectivity index (χ0) is 19.2. The number of benzene rings is 1. The number of ether oxygens (including phenoxy) is 2. The van der Waals surface area contributed by atoms with Gasteiger partial charge in [-0.15, -0.1) is 0 Å². The van der Waals surface area contributed by atoms with Gasteiger partial charge in [0.1, 0.15) is 23.9 Å². The molecule has 0 aliphatic carbocycles. The molecule has 1 fully saturated rings. The summed E-state index contributed by atoms with van der Waals surface area (Å²) in [5.74, 6) is 4.75. The highest BCUT2D eigenvalue weighted by atomic mass is 32.2. The molecule has 146 valence electrons. The fourth-order valence-electron chi connectivity index (χ4n) is 2.91. The number of carbonyl (C=O) groups is 1. The molecule has 0 atom stereocenters. The van der Waals surface area contributed by atoms with Crippen molar-refractivity contribution in [2.75, 3.05) is 45.8 Å². The summed E-state index contributed by atoms with van der Waals surface area (Å²) in [6, 6.07) is 9.30. The van der Waals surface area contributed by atoms with Gasteiger partial charge in [0.2, 0.25) is 0 Å². The molecule has 1 aromatic carbocycles. The Labute approximate surface area is 164 Å². The second-order valence-electron chi connectivity index (χ2n) is 6.62. The normalized spacial score (nSPS) is 14.8. The van der Waals surface area contributed by atoms with E-state index in [0.717, 1.165) is 36.7 Å². The van der Waals surface area contributed by atoms with E-state index in [2.05, 4.69) is 4.90 Å². The average Bonchev–Trinajstić information content (AvgIpc) is 3.15. The van der Waals surface area contributed by atoms with Gasteiger partial charge in [0.25, 0.3) is 5.91 Å². The van der Waals surface area contributed by atoms with Crippen LogP contribution in [0.1, 0.15) is 21.9 Å². The average molecular weight is 391 g/mol. The van der Waals surface area contributed by atoms with Crippen molar-refractivity contribution >= 4 is 17.7 Å². The standard InChI is InChI=1S/C20H26N2O4S/c1-21(2)20(23)19-7-5-17(26-19)14-25-16-4-6-18(24-3)15(12-16)13-22-8-10-27-11-9-22/h4-7,12H,8-11,13-14H2,1-3H3. The maximum Gasteiger partial charge on any atom is 0.289 e. The van der Waals surface area contributed by atoms with Crippen molar-refractivity contribution in [2.45, 2.75) is 13.2 Å². The van der Waals surface area contributed by atoms with Crippen LogP contribution in [0.25, 0.3) is 0 Å². The number of nitrogens with zero attached hydrogens (tertiary/aromatic N) is 2. The number of rotatable bonds is 7. The molecule has 1 aliphatic heterocycles. The predicted octanol–water partition coefficient (Wildman–Crippen LogP) is 3.12. The second kappa shape index (κ2) is 9.19. The minimum absolute atomic E-state index is 0.160. The summed E-state index contributed by atoms with van der Waals surface area (Å²) in [6.07, 6.45) is 0. The summed E-state index contributed by atoms with van der Waals surface area (Å²) in [7, 11) is 5.08. The van der Waals surface area contributed by atoms with Crippen LogP contribution in [0.15, 0.2) is 34.7 Å². The third-order valence-corrected chi connectivity index (χ3v) is 5.35. The van der Waals surface area contributed by atoms with Crippen LogP contribution in [0.5, 0.6) is 11.5 Å². The Morgan fingerprint density at radius 3 is 2.70 bits per heavy atom. The number of hydrogen-bond acceptors (Lipinski definition) is 6. The first-order valence-electron chi connectivity index (χ1n) is 8.97. The first-order chi connectivity index (χ1) is 13.1. The molecule has 6 nitrogen and oxygen atoms in total. The van der Waals surface area contributed by atoms with Gasteiger partial charge in [-0.1, -0.05) is 0 Å². The SMILES string of the molecule is COc1ccc(OCc2ccc(C(=O)N(C)C)o2)cc1CN1CCSCC1. The summed E-state index contributed by atoms with van der Waals surface area (Å²) in [6.45, 7) is 3.30. The van der Waals surface area contributed by atoms with Crippen LogP contribution in [-0.2, 0) is 13.2 Å². The molecule has 1 saturated heterocycles. The monoisotopic (exact) mass is 390 g/mol. The minimum Gasteiger partial charge on any atom is -0.496 e. The van der Waals surface area contributed by atoms with Gasteiger partial charge < -0.3 is 18.8 Å². The Bertz CT molecular complexity index is 769. The van der Waals surface area contributed by atoms with Gasteiger partial charge in [-0.25, -0.2) is 0 Å². The Hall–Kier alpha value is -2.12. The molecular weight excluding hydrogens is 364 g/mol. The van der Waals surface area contributed by atoms with Crippen molar-refractivity contribution < 1.29 is 18.7 Å². The first kappa shape index (κ1) is 19.6. The molecule has 0 saturated carbocycles. The summed E-state index contributed by atoms with van der Waals surface area (Å²) < 4.78 is 17.0. The quantitative estimate of drug-likeness (QED) is 0.724. The van der Waals surface area contributed by atoms with E-state index in [1.807, 2.05) is 30.0 Å². The van der Waals surface area contributed by atoms with Crippen LogP contribution in [-0.4, -0.2) is 61.5 Å². The fraction of sp³-hybridized carbons (Fsp3) is 0.450. The van der Waals surface area contributed by atoms with Crippen molar-refractivity contribution in [3.63, 3.8) is 0 Å². The molecule has 0 N–H and O–H groups in total. The van der Waals surface area contributed by atoms with Crippen molar-refractivity contribution in [3.05, 3.63) is 47.4 Å². The number of amides is 1. The first-order valence-corrected chi connectivity index (χ1v) is 10.1. The number of carbonyl (C=O) groups excluding carboxylic acids is 1. The van der Waals surface area contributed by atoms with Gasteiger partial charge >= 0.3 is 0 Å². The van der Waals surface area contributed by atoms with Crippen molar-refractivity contribution in [1.29, 1.82) is 0 Å². The van der Waals surface area contributed by atoms with Gasteiger partial charge in [0.15, 0.2) is 5.76 Å². The topological polar surface area (TPSA) is 55.2 Å². The van der Waals surface area contributed by atoms with Crippen LogP contribution in [0, 0.1) is 0 Å². The van der Waals surface area contributed by atoms with Gasteiger partial charge in [-0.05, 0) is 30.3 Å². The van der Waals surface area contributed by atoms with Gasteiger partial charge in [0.05, 0.1) is 7.11 Å².